The number of hydrogen-bond acceptors (Lipinski definition) is 6. The Labute approximate surface area is 164 Å². The minimum atomic E-state index is -1.48. The SMILES string of the molecule is Cc1ccc(C2O[C@H](C(O)CO)[C@@H]3OC(c4ccccc4C)OC[C@@]23O)cc1. The lowest BCUT2D eigenvalue weighted by molar-refractivity contribution is -0.292. The Morgan fingerprint density at radius 2 is 1.79 bits per heavy atom. The third kappa shape index (κ3) is 3.26. The molecule has 28 heavy (non-hydrogen) atoms. The third-order valence-electron chi connectivity index (χ3n) is 5.66. The summed E-state index contributed by atoms with van der Waals surface area (Å²) < 4.78 is 18.1. The van der Waals surface area contributed by atoms with Crippen LogP contribution in [-0.2, 0) is 14.2 Å². The molecule has 0 spiro atoms. The van der Waals surface area contributed by atoms with Crippen LogP contribution in [0.25, 0.3) is 0 Å². The summed E-state index contributed by atoms with van der Waals surface area (Å²) in [5, 5.41) is 31.3. The molecule has 0 amide bonds. The maximum Gasteiger partial charge on any atom is 0.184 e. The van der Waals surface area contributed by atoms with Crippen LogP contribution < -0.4 is 0 Å². The fourth-order valence-electron chi connectivity index (χ4n) is 4.03. The zero-order valence-corrected chi connectivity index (χ0v) is 16.0. The summed E-state index contributed by atoms with van der Waals surface area (Å²) in [7, 11) is 0. The van der Waals surface area contributed by atoms with Gasteiger partial charge in [0.25, 0.3) is 0 Å². The summed E-state index contributed by atoms with van der Waals surface area (Å²) in [6.07, 6.45) is -4.32. The molecule has 2 aromatic carbocycles. The standard InChI is InChI=1S/C22H26O6/c1-13-7-9-15(10-8-13)19-22(25)12-26-21(16-6-4-3-5-14(16)2)28-20(22)18(27-19)17(24)11-23/h3-10,17-21,23-25H,11-12H2,1-2H3/t17?,18-,19?,20+,21?,22-/m1/s1. The lowest BCUT2D eigenvalue weighted by Gasteiger charge is -2.41. The molecular weight excluding hydrogens is 360 g/mol. The predicted octanol–water partition coefficient (Wildman–Crippen LogP) is 1.94. The molecule has 2 heterocycles. The monoisotopic (exact) mass is 386 g/mol. The molecule has 0 radical (unpaired) electrons. The van der Waals surface area contributed by atoms with E-state index in [0.717, 1.165) is 22.3 Å². The Morgan fingerprint density at radius 3 is 2.46 bits per heavy atom. The van der Waals surface area contributed by atoms with E-state index in [1.807, 2.05) is 62.4 Å². The number of benzene rings is 2. The molecular formula is C22H26O6. The van der Waals surface area contributed by atoms with Crippen LogP contribution in [-0.4, -0.2) is 52.4 Å². The largest absolute Gasteiger partial charge is 0.394 e. The number of aliphatic hydroxyl groups is 3. The molecule has 3 unspecified atom stereocenters. The molecule has 3 N–H and O–H groups in total. The first-order valence-corrected chi connectivity index (χ1v) is 9.50. The van der Waals surface area contributed by atoms with Gasteiger partial charge in [-0.3, -0.25) is 0 Å². The fourth-order valence-corrected chi connectivity index (χ4v) is 4.03. The molecule has 6 atom stereocenters. The maximum atomic E-state index is 11.5. The molecule has 2 aliphatic heterocycles. The van der Waals surface area contributed by atoms with Crippen molar-refractivity contribution in [2.45, 2.75) is 50.2 Å². The van der Waals surface area contributed by atoms with Gasteiger partial charge in [-0.25, -0.2) is 0 Å². The van der Waals surface area contributed by atoms with Crippen molar-refractivity contribution >= 4 is 0 Å². The number of aryl methyl sites for hydroxylation is 2. The van der Waals surface area contributed by atoms with E-state index in [9.17, 15) is 15.3 Å². The zero-order valence-electron chi connectivity index (χ0n) is 16.0. The van der Waals surface area contributed by atoms with Crippen molar-refractivity contribution in [1.82, 2.24) is 0 Å². The third-order valence-corrected chi connectivity index (χ3v) is 5.66. The molecule has 2 aromatic rings. The normalized spacial score (nSPS) is 33.5. The van der Waals surface area contributed by atoms with Crippen molar-refractivity contribution < 1.29 is 29.5 Å². The average molecular weight is 386 g/mol. The summed E-state index contributed by atoms with van der Waals surface area (Å²) in [6, 6.07) is 15.4. The van der Waals surface area contributed by atoms with E-state index < -0.39 is 42.9 Å². The summed E-state index contributed by atoms with van der Waals surface area (Å²) in [6.45, 7) is 3.44. The van der Waals surface area contributed by atoms with E-state index in [0.29, 0.717) is 0 Å². The Morgan fingerprint density at radius 1 is 1.07 bits per heavy atom. The van der Waals surface area contributed by atoms with Gasteiger partial charge in [0.1, 0.15) is 30.0 Å². The lowest BCUT2D eigenvalue weighted by Crippen LogP contribution is -2.56. The lowest BCUT2D eigenvalue weighted by atomic mass is 9.85. The molecule has 6 heteroatoms. The molecule has 0 saturated carbocycles. The highest BCUT2D eigenvalue weighted by Gasteiger charge is 2.61. The van der Waals surface area contributed by atoms with Gasteiger partial charge in [0, 0.05) is 5.56 Å². The first kappa shape index (κ1) is 19.5. The van der Waals surface area contributed by atoms with Gasteiger partial charge in [-0.1, -0.05) is 54.1 Å². The Bertz CT molecular complexity index is 822. The summed E-state index contributed by atoms with van der Waals surface area (Å²) in [5.74, 6) is 0. The molecule has 2 saturated heterocycles. The van der Waals surface area contributed by atoms with Gasteiger partial charge in [-0.15, -0.1) is 0 Å². The van der Waals surface area contributed by atoms with Crippen LogP contribution in [0.1, 0.15) is 34.6 Å². The highest BCUT2D eigenvalue weighted by molar-refractivity contribution is 5.30. The van der Waals surface area contributed by atoms with Crippen LogP contribution in [0.15, 0.2) is 48.5 Å². The van der Waals surface area contributed by atoms with Crippen LogP contribution in [0.3, 0.4) is 0 Å². The van der Waals surface area contributed by atoms with E-state index in [1.165, 1.54) is 0 Å². The highest BCUT2D eigenvalue weighted by atomic mass is 16.7. The van der Waals surface area contributed by atoms with Crippen molar-refractivity contribution in [2.24, 2.45) is 0 Å². The number of ether oxygens (including phenoxy) is 3. The first-order chi connectivity index (χ1) is 13.4. The molecule has 6 nitrogen and oxygen atoms in total. The van der Waals surface area contributed by atoms with Crippen molar-refractivity contribution in [3.05, 3.63) is 70.8 Å². The van der Waals surface area contributed by atoms with E-state index in [1.54, 1.807) is 0 Å². The first-order valence-electron chi connectivity index (χ1n) is 9.50. The molecule has 2 aliphatic rings. The fraction of sp³-hybridized carbons (Fsp3) is 0.455. The maximum absolute atomic E-state index is 11.5. The second kappa shape index (κ2) is 7.55. The van der Waals surface area contributed by atoms with Gasteiger partial charge in [0.15, 0.2) is 6.29 Å². The smallest absolute Gasteiger partial charge is 0.184 e. The summed E-state index contributed by atoms with van der Waals surface area (Å²) >= 11 is 0. The molecule has 0 bridgehead atoms. The average Bonchev–Trinajstić information content (AvgIpc) is 3.01. The van der Waals surface area contributed by atoms with Gasteiger partial charge in [-0.05, 0) is 25.0 Å². The van der Waals surface area contributed by atoms with Gasteiger partial charge in [0.05, 0.1) is 13.2 Å². The topological polar surface area (TPSA) is 88.4 Å². The van der Waals surface area contributed by atoms with Gasteiger partial charge in [0.2, 0.25) is 0 Å². The highest BCUT2D eigenvalue weighted by Crippen LogP contribution is 2.49. The van der Waals surface area contributed by atoms with Gasteiger partial charge >= 0.3 is 0 Å². The summed E-state index contributed by atoms with van der Waals surface area (Å²) in [4.78, 5) is 0. The van der Waals surface area contributed by atoms with Gasteiger partial charge < -0.3 is 29.5 Å². The molecule has 4 rings (SSSR count). The second-order valence-corrected chi connectivity index (χ2v) is 7.69. The molecule has 150 valence electrons. The van der Waals surface area contributed by atoms with Crippen molar-refractivity contribution in [3.8, 4) is 0 Å². The molecule has 0 aromatic heterocycles. The number of aliphatic hydroxyl groups excluding tert-OH is 2. The molecule has 2 fully saturated rings. The number of hydrogen-bond donors (Lipinski definition) is 3. The van der Waals surface area contributed by atoms with Crippen LogP contribution in [0.5, 0.6) is 0 Å². The Hall–Kier alpha value is -1.80. The number of rotatable bonds is 4. The van der Waals surface area contributed by atoms with E-state index in [4.69, 9.17) is 14.2 Å². The van der Waals surface area contributed by atoms with Crippen LogP contribution in [0.4, 0.5) is 0 Å². The molecule has 0 aliphatic carbocycles. The van der Waals surface area contributed by atoms with Gasteiger partial charge in [-0.2, -0.15) is 0 Å². The Kier molecular flexibility index (Phi) is 5.26. The second-order valence-electron chi connectivity index (χ2n) is 7.69. The summed E-state index contributed by atoms with van der Waals surface area (Å²) in [5.41, 5.74) is 2.25. The number of fused-ring (bicyclic) bond motifs is 1. The predicted molar refractivity (Wildman–Crippen MR) is 102 cm³/mol. The zero-order chi connectivity index (χ0) is 19.9. The minimum absolute atomic E-state index is 0.0101. The minimum Gasteiger partial charge on any atom is -0.394 e. The van der Waals surface area contributed by atoms with Crippen LogP contribution in [0.2, 0.25) is 0 Å². The Balaban J connectivity index is 1.67. The van der Waals surface area contributed by atoms with Crippen molar-refractivity contribution in [1.29, 1.82) is 0 Å². The quantitative estimate of drug-likeness (QED) is 0.744. The van der Waals surface area contributed by atoms with Crippen LogP contribution in [0, 0.1) is 13.8 Å². The van der Waals surface area contributed by atoms with Crippen molar-refractivity contribution in [2.75, 3.05) is 13.2 Å². The van der Waals surface area contributed by atoms with Crippen molar-refractivity contribution in [3.63, 3.8) is 0 Å². The van der Waals surface area contributed by atoms with E-state index >= 15 is 0 Å². The van der Waals surface area contributed by atoms with E-state index in [-0.39, 0.29) is 6.61 Å². The van der Waals surface area contributed by atoms with Crippen LogP contribution >= 0.6 is 0 Å². The van der Waals surface area contributed by atoms with E-state index in [2.05, 4.69) is 0 Å².